The molecule has 0 bridgehead atoms. The van der Waals surface area contributed by atoms with E-state index in [2.05, 4.69) is 9.80 Å². The molecule has 0 atom stereocenters. The topological polar surface area (TPSA) is 19.6 Å². The molecule has 0 unspecified atom stereocenters. The average molecular weight is 368 g/mol. The van der Waals surface area contributed by atoms with E-state index in [1.54, 1.807) is 12.5 Å². The highest BCUT2D eigenvalue weighted by Gasteiger charge is 2.26. The Labute approximate surface area is 157 Å². The molecule has 140 valence electrons. The molecule has 0 radical (unpaired) electrons. The average Bonchev–Trinajstić information content (AvgIpc) is 3.19. The minimum Gasteiger partial charge on any atom is -0.472 e. The molecule has 0 aliphatic carbocycles. The first-order valence-electron chi connectivity index (χ1n) is 9.17. The zero-order valence-corrected chi connectivity index (χ0v) is 15.0. The number of furan rings is 1. The molecule has 3 aromatic rings. The maximum absolute atomic E-state index is 13.4. The van der Waals surface area contributed by atoms with Crippen molar-refractivity contribution in [2.45, 2.75) is 12.6 Å². The normalized spacial score (nSPS) is 16.1. The van der Waals surface area contributed by atoms with E-state index in [9.17, 15) is 8.78 Å². The first-order chi connectivity index (χ1) is 13.2. The maximum atomic E-state index is 13.4. The molecular weight excluding hydrogens is 346 g/mol. The fraction of sp³-hybridized carbons (Fsp3) is 0.273. The highest BCUT2D eigenvalue weighted by Crippen LogP contribution is 2.30. The third kappa shape index (κ3) is 4.26. The maximum Gasteiger partial charge on any atom is 0.123 e. The van der Waals surface area contributed by atoms with Crippen LogP contribution in [0.2, 0.25) is 0 Å². The molecule has 1 aliphatic rings. The third-order valence-electron chi connectivity index (χ3n) is 5.13. The second kappa shape index (κ2) is 8.03. The molecule has 27 heavy (non-hydrogen) atoms. The van der Waals surface area contributed by atoms with Gasteiger partial charge < -0.3 is 4.42 Å². The lowest BCUT2D eigenvalue weighted by atomic mass is 9.96. The first-order valence-corrected chi connectivity index (χ1v) is 9.17. The van der Waals surface area contributed by atoms with E-state index >= 15 is 0 Å². The Balaban J connectivity index is 1.52. The van der Waals surface area contributed by atoms with Crippen LogP contribution in [0.1, 0.15) is 22.7 Å². The lowest BCUT2D eigenvalue weighted by Crippen LogP contribution is -2.47. The number of nitrogens with zero attached hydrogens (tertiary/aromatic N) is 2. The van der Waals surface area contributed by atoms with E-state index in [0.717, 1.165) is 43.9 Å². The predicted octanol–water partition coefficient (Wildman–Crippen LogP) is 4.47. The van der Waals surface area contributed by atoms with Gasteiger partial charge in [0.25, 0.3) is 0 Å². The Morgan fingerprint density at radius 2 is 1.33 bits per heavy atom. The van der Waals surface area contributed by atoms with Crippen molar-refractivity contribution in [2.75, 3.05) is 26.2 Å². The van der Waals surface area contributed by atoms with Crippen molar-refractivity contribution in [3.63, 3.8) is 0 Å². The van der Waals surface area contributed by atoms with Gasteiger partial charge >= 0.3 is 0 Å². The standard InChI is InChI=1S/C22H22F2N2O/c23-20-5-1-18(2-6-20)22(19-3-7-21(24)8-4-19)26-12-10-25(11-13-26)15-17-9-14-27-16-17/h1-9,14,16,22H,10-13,15H2. The Hall–Kier alpha value is -2.50. The molecule has 1 saturated heterocycles. The smallest absolute Gasteiger partial charge is 0.123 e. The zero-order valence-electron chi connectivity index (χ0n) is 15.0. The van der Waals surface area contributed by atoms with Crippen LogP contribution in [-0.2, 0) is 6.54 Å². The summed E-state index contributed by atoms with van der Waals surface area (Å²) in [5, 5.41) is 0. The largest absolute Gasteiger partial charge is 0.472 e. The summed E-state index contributed by atoms with van der Waals surface area (Å²) in [4.78, 5) is 4.78. The van der Waals surface area contributed by atoms with E-state index in [1.165, 1.54) is 29.8 Å². The van der Waals surface area contributed by atoms with Crippen molar-refractivity contribution in [1.29, 1.82) is 0 Å². The van der Waals surface area contributed by atoms with Gasteiger partial charge in [0.2, 0.25) is 0 Å². The molecule has 0 N–H and O–H groups in total. The van der Waals surface area contributed by atoms with E-state index in [0.29, 0.717) is 0 Å². The van der Waals surface area contributed by atoms with Gasteiger partial charge in [-0.2, -0.15) is 0 Å². The lowest BCUT2D eigenvalue weighted by Gasteiger charge is -2.39. The van der Waals surface area contributed by atoms with Crippen LogP contribution < -0.4 is 0 Å². The van der Waals surface area contributed by atoms with Crippen molar-refractivity contribution in [3.8, 4) is 0 Å². The monoisotopic (exact) mass is 368 g/mol. The van der Waals surface area contributed by atoms with E-state index in [-0.39, 0.29) is 17.7 Å². The highest BCUT2D eigenvalue weighted by molar-refractivity contribution is 5.32. The SMILES string of the molecule is Fc1ccc(C(c2ccc(F)cc2)N2CCN(Cc3ccoc3)CC2)cc1. The molecule has 0 spiro atoms. The van der Waals surface area contributed by atoms with Crippen LogP contribution in [0.3, 0.4) is 0 Å². The Morgan fingerprint density at radius 1 is 0.778 bits per heavy atom. The minimum atomic E-state index is -0.249. The van der Waals surface area contributed by atoms with E-state index in [4.69, 9.17) is 4.42 Å². The second-order valence-corrected chi connectivity index (χ2v) is 6.95. The lowest BCUT2D eigenvalue weighted by molar-refractivity contribution is 0.104. The molecule has 0 amide bonds. The number of hydrogen-bond acceptors (Lipinski definition) is 3. The van der Waals surface area contributed by atoms with Crippen LogP contribution in [0, 0.1) is 11.6 Å². The molecule has 2 aromatic carbocycles. The zero-order chi connectivity index (χ0) is 18.6. The summed E-state index contributed by atoms with van der Waals surface area (Å²) in [6.07, 6.45) is 3.48. The van der Waals surface area contributed by atoms with Gasteiger partial charge in [-0.25, -0.2) is 8.78 Å². The molecular formula is C22H22F2N2O. The van der Waals surface area contributed by atoms with E-state index < -0.39 is 0 Å². The van der Waals surface area contributed by atoms with Gasteiger partial charge in [0.05, 0.1) is 18.6 Å². The van der Waals surface area contributed by atoms with Crippen LogP contribution in [-0.4, -0.2) is 36.0 Å². The Bertz CT molecular complexity index is 794. The van der Waals surface area contributed by atoms with Crippen LogP contribution in [0.5, 0.6) is 0 Å². The number of benzene rings is 2. The van der Waals surface area contributed by atoms with Crippen molar-refractivity contribution >= 4 is 0 Å². The molecule has 4 rings (SSSR count). The highest BCUT2D eigenvalue weighted by atomic mass is 19.1. The summed E-state index contributed by atoms with van der Waals surface area (Å²) < 4.78 is 32.0. The third-order valence-corrected chi connectivity index (χ3v) is 5.13. The molecule has 2 heterocycles. The number of rotatable bonds is 5. The molecule has 3 nitrogen and oxygen atoms in total. The summed E-state index contributed by atoms with van der Waals surface area (Å²) in [6.45, 7) is 4.52. The summed E-state index contributed by atoms with van der Waals surface area (Å²) in [7, 11) is 0. The van der Waals surface area contributed by atoms with Crippen molar-refractivity contribution in [2.24, 2.45) is 0 Å². The van der Waals surface area contributed by atoms with Gasteiger partial charge in [-0.05, 0) is 41.5 Å². The summed E-state index contributed by atoms with van der Waals surface area (Å²) in [5.74, 6) is -0.497. The van der Waals surface area contributed by atoms with Gasteiger partial charge in [-0.3, -0.25) is 9.80 Å². The predicted molar refractivity (Wildman–Crippen MR) is 100 cm³/mol. The second-order valence-electron chi connectivity index (χ2n) is 6.95. The van der Waals surface area contributed by atoms with Gasteiger partial charge in [0.15, 0.2) is 0 Å². The number of halogens is 2. The Kier molecular flexibility index (Phi) is 5.32. The van der Waals surface area contributed by atoms with E-state index in [1.807, 2.05) is 30.3 Å². The van der Waals surface area contributed by atoms with Gasteiger partial charge in [0, 0.05) is 38.3 Å². The fourth-order valence-electron chi connectivity index (χ4n) is 3.72. The van der Waals surface area contributed by atoms with Crippen LogP contribution in [0.15, 0.2) is 71.5 Å². The molecule has 5 heteroatoms. The summed E-state index contributed by atoms with van der Waals surface area (Å²) in [6, 6.07) is 15.2. The fourth-order valence-corrected chi connectivity index (χ4v) is 3.72. The van der Waals surface area contributed by atoms with Crippen molar-refractivity contribution in [1.82, 2.24) is 9.80 Å². The van der Waals surface area contributed by atoms with Gasteiger partial charge in [-0.1, -0.05) is 24.3 Å². The molecule has 0 saturated carbocycles. The van der Waals surface area contributed by atoms with Gasteiger partial charge in [0.1, 0.15) is 11.6 Å². The quantitative estimate of drug-likeness (QED) is 0.663. The Morgan fingerprint density at radius 3 is 1.81 bits per heavy atom. The summed E-state index contributed by atoms with van der Waals surface area (Å²) >= 11 is 0. The molecule has 1 fully saturated rings. The summed E-state index contributed by atoms with van der Waals surface area (Å²) in [5.41, 5.74) is 3.22. The van der Waals surface area contributed by atoms with Crippen LogP contribution in [0.25, 0.3) is 0 Å². The van der Waals surface area contributed by atoms with Crippen LogP contribution >= 0.6 is 0 Å². The number of piperazine rings is 1. The van der Waals surface area contributed by atoms with Gasteiger partial charge in [-0.15, -0.1) is 0 Å². The van der Waals surface area contributed by atoms with Crippen molar-refractivity contribution in [3.05, 3.63) is 95.4 Å². The van der Waals surface area contributed by atoms with Crippen molar-refractivity contribution < 1.29 is 13.2 Å². The van der Waals surface area contributed by atoms with Crippen LogP contribution in [0.4, 0.5) is 8.78 Å². The number of hydrogen-bond donors (Lipinski definition) is 0. The molecule has 1 aromatic heterocycles. The minimum absolute atomic E-state index is 0.0118. The molecule has 1 aliphatic heterocycles. The first kappa shape index (κ1) is 17.9.